The Morgan fingerprint density at radius 1 is 1.09 bits per heavy atom. The third kappa shape index (κ3) is 11.4. The zero-order valence-electron chi connectivity index (χ0n) is 19.7. The molecule has 2 aromatic rings. The normalized spacial score (nSPS) is 14.5. The molecule has 33 heavy (non-hydrogen) atoms. The SMILES string of the molecule is CCCCCCCCCCSSCCOP(=O)(O)CO[C@H](C)Cn1cnc2c(N)ncnc21. The van der Waals surface area contributed by atoms with E-state index in [1.165, 1.54) is 57.7 Å². The first-order chi connectivity index (χ1) is 15.9. The van der Waals surface area contributed by atoms with Crippen LogP contribution in [0.15, 0.2) is 12.7 Å². The summed E-state index contributed by atoms with van der Waals surface area (Å²) in [6.07, 6.45) is 12.9. The number of ether oxygens (including phenoxy) is 1. The maximum Gasteiger partial charge on any atom is 0.353 e. The van der Waals surface area contributed by atoms with Gasteiger partial charge in [0.2, 0.25) is 0 Å². The first kappa shape index (κ1) is 28.4. The molecule has 0 amide bonds. The first-order valence-electron chi connectivity index (χ1n) is 11.7. The van der Waals surface area contributed by atoms with Crippen molar-refractivity contribution in [1.82, 2.24) is 19.5 Å². The van der Waals surface area contributed by atoms with Crippen LogP contribution < -0.4 is 5.73 Å². The summed E-state index contributed by atoms with van der Waals surface area (Å²) in [6.45, 7) is 4.70. The molecule has 0 radical (unpaired) electrons. The van der Waals surface area contributed by atoms with Crippen LogP contribution in [-0.4, -0.2) is 55.0 Å². The van der Waals surface area contributed by atoms with Gasteiger partial charge in [-0.2, -0.15) is 0 Å². The second-order valence-corrected chi connectivity index (χ2v) is 12.5. The number of hydrogen-bond acceptors (Lipinski definition) is 9. The molecule has 12 heteroatoms. The number of aromatic nitrogens is 4. The van der Waals surface area contributed by atoms with Gasteiger partial charge in [0.1, 0.15) is 18.2 Å². The first-order valence-corrected chi connectivity index (χ1v) is 15.9. The summed E-state index contributed by atoms with van der Waals surface area (Å²) in [6, 6.07) is 0. The number of nitrogens with zero attached hydrogens (tertiary/aromatic N) is 4. The van der Waals surface area contributed by atoms with E-state index >= 15 is 0 Å². The quantitative estimate of drug-likeness (QED) is 0.140. The number of imidazole rings is 1. The standard InChI is InChI=1S/C21H38N5O4PS2/c1-3-4-5-6-7-8-9-10-12-32-33-13-11-30-31(27,28)17-29-18(2)14-26-16-25-19-20(22)23-15-24-21(19)26/h15-16,18H,3-14,17H2,1-2H3,(H,27,28)(H2,22,23,24)/t18-/m1/s1. The zero-order chi connectivity index (χ0) is 23.9. The van der Waals surface area contributed by atoms with E-state index in [1.807, 2.05) is 6.92 Å². The maximum atomic E-state index is 12.2. The molecule has 1 unspecified atom stereocenters. The van der Waals surface area contributed by atoms with Gasteiger partial charge in [-0.05, 0) is 13.3 Å². The van der Waals surface area contributed by atoms with Crippen molar-refractivity contribution in [2.45, 2.75) is 77.9 Å². The lowest BCUT2D eigenvalue weighted by Gasteiger charge is -2.17. The van der Waals surface area contributed by atoms with E-state index in [0.29, 0.717) is 29.3 Å². The van der Waals surface area contributed by atoms with Crippen LogP contribution in [0.4, 0.5) is 5.82 Å². The third-order valence-corrected chi connectivity index (χ3v) is 8.55. The van der Waals surface area contributed by atoms with Gasteiger partial charge in [0, 0.05) is 11.5 Å². The van der Waals surface area contributed by atoms with Gasteiger partial charge in [0.15, 0.2) is 11.5 Å². The lowest BCUT2D eigenvalue weighted by atomic mass is 10.1. The molecule has 2 atom stereocenters. The average Bonchev–Trinajstić information content (AvgIpc) is 3.19. The lowest BCUT2D eigenvalue weighted by molar-refractivity contribution is 0.0724. The zero-order valence-corrected chi connectivity index (χ0v) is 22.3. The fraction of sp³-hybridized carbons (Fsp3) is 0.762. The number of nitrogens with two attached hydrogens (primary N) is 1. The molecule has 3 N–H and O–H groups in total. The van der Waals surface area contributed by atoms with Gasteiger partial charge in [-0.3, -0.25) is 4.57 Å². The number of anilines is 1. The second kappa shape index (κ2) is 15.9. The Morgan fingerprint density at radius 2 is 1.79 bits per heavy atom. The number of rotatable bonds is 19. The molecule has 0 saturated carbocycles. The van der Waals surface area contributed by atoms with E-state index in [2.05, 4.69) is 21.9 Å². The molecule has 2 rings (SSSR count). The van der Waals surface area contributed by atoms with Crippen LogP contribution in [0.1, 0.15) is 65.2 Å². The van der Waals surface area contributed by atoms with E-state index in [4.69, 9.17) is 15.0 Å². The molecule has 0 bridgehead atoms. The Bertz CT molecular complexity index is 857. The maximum absolute atomic E-state index is 12.2. The Labute approximate surface area is 205 Å². The smallest absolute Gasteiger partial charge is 0.353 e. The van der Waals surface area contributed by atoms with Crippen LogP contribution in [0.5, 0.6) is 0 Å². The highest BCUT2D eigenvalue weighted by Crippen LogP contribution is 2.42. The summed E-state index contributed by atoms with van der Waals surface area (Å²) in [7, 11) is -0.302. The van der Waals surface area contributed by atoms with Gasteiger partial charge in [-0.1, -0.05) is 73.5 Å². The summed E-state index contributed by atoms with van der Waals surface area (Å²) < 4.78 is 24.7. The van der Waals surface area contributed by atoms with Crippen molar-refractivity contribution >= 4 is 46.2 Å². The number of hydrogen-bond donors (Lipinski definition) is 2. The molecule has 0 spiro atoms. The summed E-state index contributed by atoms with van der Waals surface area (Å²) in [5, 5.41) is 0. The molecule has 0 saturated heterocycles. The Kier molecular flexibility index (Phi) is 13.7. The molecular formula is C21H38N5O4PS2. The van der Waals surface area contributed by atoms with Crippen molar-refractivity contribution < 1.29 is 18.7 Å². The molecule has 2 aromatic heterocycles. The number of unbranched alkanes of at least 4 members (excludes halogenated alkanes) is 7. The molecular weight excluding hydrogens is 481 g/mol. The van der Waals surface area contributed by atoms with Crippen molar-refractivity contribution in [1.29, 1.82) is 0 Å². The monoisotopic (exact) mass is 519 g/mol. The second-order valence-electron chi connectivity index (χ2n) is 8.02. The van der Waals surface area contributed by atoms with Gasteiger partial charge in [0.05, 0.1) is 25.6 Å². The lowest BCUT2D eigenvalue weighted by Crippen LogP contribution is -2.17. The van der Waals surface area contributed by atoms with E-state index in [1.54, 1.807) is 32.5 Å². The number of nitrogen functional groups attached to an aromatic ring is 1. The van der Waals surface area contributed by atoms with Crippen molar-refractivity contribution in [3.8, 4) is 0 Å². The summed E-state index contributed by atoms with van der Waals surface area (Å²) in [5.74, 6) is 2.09. The van der Waals surface area contributed by atoms with Crippen LogP contribution in [0.3, 0.4) is 0 Å². The summed E-state index contributed by atoms with van der Waals surface area (Å²) >= 11 is 0. The highest BCUT2D eigenvalue weighted by Gasteiger charge is 2.21. The molecule has 0 fully saturated rings. The summed E-state index contributed by atoms with van der Waals surface area (Å²) in [5.41, 5.74) is 6.92. The van der Waals surface area contributed by atoms with Crippen LogP contribution in [0, 0.1) is 0 Å². The molecule has 9 nitrogen and oxygen atoms in total. The Morgan fingerprint density at radius 3 is 2.55 bits per heavy atom. The minimum atomic E-state index is -3.79. The Hall–Kier alpha value is -0.840. The van der Waals surface area contributed by atoms with Gasteiger partial charge >= 0.3 is 7.60 Å². The minimum absolute atomic E-state index is 0.225. The predicted molar refractivity (Wildman–Crippen MR) is 138 cm³/mol. The van der Waals surface area contributed by atoms with E-state index < -0.39 is 7.60 Å². The molecule has 188 valence electrons. The van der Waals surface area contributed by atoms with Crippen LogP contribution in [0.2, 0.25) is 0 Å². The van der Waals surface area contributed by atoms with Crippen LogP contribution in [-0.2, 0) is 20.4 Å². The Balaban J connectivity index is 1.51. The number of fused-ring (bicyclic) bond motifs is 1. The molecule has 0 aliphatic carbocycles. The largest absolute Gasteiger partial charge is 0.382 e. The average molecular weight is 520 g/mol. The van der Waals surface area contributed by atoms with Gasteiger partial charge in [-0.25, -0.2) is 15.0 Å². The summed E-state index contributed by atoms with van der Waals surface area (Å²) in [4.78, 5) is 22.3. The fourth-order valence-corrected chi connectivity index (χ4v) is 6.24. The van der Waals surface area contributed by atoms with Crippen molar-refractivity contribution in [3.63, 3.8) is 0 Å². The van der Waals surface area contributed by atoms with E-state index in [9.17, 15) is 9.46 Å². The molecule has 0 aliphatic heterocycles. The van der Waals surface area contributed by atoms with Gasteiger partial charge < -0.3 is 24.5 Å². The van der Waals surface area contributed by atoms with E-state index in [-0.39, 0.29) is 19.1 Å². The molecule has 0 aliphatic rings. The molecule has 2 heterocycles. The fourth-order valence-electron chi connectivity index (χ4n) is 3.25. The van der Waals surface area contributed by atoms with Crippen molar-refractivity contribution in [2.24, 2.45) is 0 Å². The van der Waals surface area contributed by atoms with E-state index in [0.717, 1.165) is 5.75 Å². The molecule has 0 aromatic carbocycles. The minimum Gasteiger partial charge on any atom is -0.382 e. The van der Waals surface area contributed by atoms with Crippen molar-refractivity contribution in [3.05, 3.63) is 12.7 Å². The highest BCUT2D eigenvalue weighted by molar-refractivity contribution is 8.76. The highest BCUT2D eigenvalue weighted by atomic mass is 33.1. The topological polar surface area (TPSA) is 125 Å². The van der Waals surface area contributed by atoms with Crippen molar-refractivity contribution in [2.75, 3.05) is 30.2 Å². The third-order valence-electron chi connectivity index (χ3n) is 5.03. The predicted octanol–water partition coefficient (Wildman–Crippen LogP) is 5.50. The van der Waals surface area contributed by atoms with Crippen LogP contribution in [0.25, 0.3) is 11.2 Å². The van der Waals surface area contributed by atoms with Gasteiger partial charge in [-0.15, -0.1) is 0 Å². The van der Waals surface area contributed by atoms with Gasteiger partial charge in [0.25, 0.3) is 0 Å². The van der Waals surface area contributed by atoms with Crippen LogP contribution >= 0.6 is 29.2 Å².